The minimum absolute atomic E-state index is 0.132. The van der Waals surface area contributed by atoms with Gasteiger partial charge in [-0.1, -0.05) is 25.1 Å². The molecule has 1 aliphatic rings. The van der Waals surface area contributed by atoms with Crippen LogP contribution < -0.4 is 16.0 Å². The van der Waals surface area contributed by atoms with Crippen LogP contribution in [0, 0.1) is 0 Å². The van der Waals surface area contributed by atoms with Crippen molar-refractivity contribution in [2.45, 2.75) is 43.9 Å². The Morgan fingerprint density at radius 3 is 2.89 bits per heavy atom. The Balaban J connectivity index is 2.27. The maximum Gasteiger partial charge on any atom is 0.124 e. The van der Waals surface area contributed by atoms with E-state index in [2.05, 4.69) is 31.4 Å². The second-order valence-electron chi connectivity index (χ2n) is 5.25. The Hall–Kier alpha value is -0.710. The molecule has 0 spiro atoms. The molecule has 1 aliphatic heterocycles. The summed E-state index contributed by atoms with van der Waals surface area (Å²) < 4.78 is 6.02. The summed E-state index contributed by atoms with van der Waals surface area (Å²) in [6.45, 7) is 5.17. The van der Waals surface area contributed by atoms with Gasteiger partial charge in [-0.25, -0.2) is 0 Å². The average Bonchev–Trinajstić information content (AvgIpc) is 2.86. The standard InChI is InChI=1S/C15H24N2OS/c1-3-10-18-13-8-5-4-7-12(13)14(17-16)15(2)9-6-11-19-15/h4-5,7-8,14,17H,3,6,9-11,16H2,1-2H3. The summed E-state index contributed by atoms with van der Waals surface area (Å²) in [4.78, 5) is 0. The van der Waals surface area contributed by atoms with Crippen LogP contribution in [0.2, 0.25) is 0 Å². The van der Waals surface area contributed by atoms with Crippen molar-refractivity contribution in [2.24, 2.45) is 5.84 Å². The number of para-hydroxylation sites is 1. The van der Waals surface area contributed by atoms with Crippen LogP contribution in [0.25, 0.3) is 0 Å². The number of thioether (sulfide) groups is 1. The lowest BCUT2D eigenvalue weighted by molar-refractivity contribution is 0.304. The molecule has 2 atom stereocenters. The summed E-state index contributed by atoms with van der Waals surface area (Å²) >= 11 is 2.01. The van der Waals surface area contributed by atoms with Crippen LogP contribution in [0.4, 0.5) is 0 Å². The second-order valence-corrected chi connectivity index (χ2v) is 6.88. The first-order chi connectivity index (χ1) is 9.21. The summed E-state index contributed by atoms with van der Waals surface area (Å²) in [6.07, 6.45) is 3.47. The molecule has 0 amide bonds. The predicted octanol–water partition coefficient (Wildman–Crippen LogP) is 3.27. The third kappa shape index (κ3) is 3.25. The summed E-state index contributed by atoms with van der Waals surface area (Å²) in [7, 11) is 0. The summed E-state index contributed by atoms with van der Waals surface area (Å²) in [5, 5.41) is 0. The van der Waals surface area contributed by atoms with E-state index in [4.69, 9.17) is 10.6 Å². The van der Waals surface area contributed by atoms with Crippen molar-refractivity contribution in [1.82, 2.24) is 5.43 Å². The highest BCUT2D eigenvalue weighted by molar-refractivity contribution is 8.00. The fourth-order valence-electron chi connectivity index (χ4n) is 2.69. The van der Waals surface area contributed by atoms with Crippen LogP contribution in [0.3, 0.4) is 0 Å². The molecule has 1 saturated heterocycles. The van der Waals surface area contributed by atoms with Crippen molar-refractivity contribution in [1.29, 1.82) is 0 Å². The van der Waals surface area contributed by atoms with Crippen LogP contribution in [-0.4, -0.2) is 17.1 Å². The smallest absolute Gasteiger partial charge is 0.124 e. The molecule has 1 heterocycles. The van der Waals surface area contributed by atoms with Crippen molar-refractivity contribution < 1.29 is 4.74 Å². The molecule has 106 valence electrons. The van der Waals surface area contributed by atoms with E-state index in [-0.39, 0.29) is 10.8 Å². The van der Waals surface area contributed by atoms with Gasteiger partial charge in [0.25, 0.3) is 0 Å². The highest BCUT2D eigenvalue weighted by atomic mass is 32.2. The first-order valence-electron chi connectivity index (χ1n) is 7.03. The molecule has 0 saturated carbocycles. The van der Waals surface area contributed by atoms with E-state index in [1.807, 2.05) is 23.9 Å². The second kappa shape index (κ2) is 6.64. The van der Waals surface area contributed by atoms with Gasteiger partial charge in [0.2, 0.25) is 0 Å². The predicted molar refractivity (Wildman–Crippen MR) is 82.4 cm³/mol. The maximum absolute atomic E-state index is 5.87. The lowest BCUT2D eigenvalue weighted by Crippen LogP contribution is -2.41. The van der Waals surface area contributed by atoms with Crippen LogP contribution >= 0.6 is 11.8 Å². The normalized spacial score (nSPS) is 24.4. The molecule has 0 aromatic heterocycles. The first kappa shape index (κ1) is 14.7. The number of hydrogen-bond donors (Lipinski definition) is 2. The molecule has 19 heavy (non-hydrogen) atoms. The summed E-state index contributed by atoms with van der Waals surface area (Å²) in [6, 6.07) is 8.37. The van der Waals surface area contributed by atoms with Crippen LogP contribution in [0.5, 0.6) is 5.75 Å². The van der Waals surface area contributed by atoms with Crippen molar-refractivity contribution in [3.63, 3.8) is 0 Å². The topological polar surface area (TPSA) is 47.3 Å². The third-order valence-corrected chi connectivity index (χ3v) is 5.31. The van der Waals surface area contributed by atoms with E-state index in [1.165, 1.54) is 24.2 Å². The van der Waals surface area contributed by atoms with Gasteiger partial charge in [-0.05, 0) is 38.0 Å². The van der Waals surface area contributed by atoms with Gasteiger partial charge < -0.3 is 4.74 Å². The van der Waals surface area contributed by atoms with Gasteiger partial charge in [-0.3, -0.25) is 11.3 Å². The number of hydrogen-bond acceptors (Lipinski definition) is 4. The van der Waals surface area contributed by atoms with Crippen LogP contribution in [0.15, 0.2) is 24.3 Å². The molecule has 2 unspecified atom stereocenters. The van der Waals surface area contributed by atoms with Crippen LogP contribution in [-0.2, 0) is 0 Å². The molecule has 0 radical (unpaired) electrons. The van der Waals surface area contributed by atoms with Crippen molar-refractivity contribution in [3.05, 3.63) is 29.8 Å². The van der Waals surface area contributed by atoms with E-state index >= 15 is 0 Å². The third-order valence-electron chi connectivity index (χ3n) is 3.72. The number of nitrogens with two attached hydrogens (primary N) is 1. The first-order valence-corrected chi connectivity index (χ1v) is 8.01. The fourth-order valence-corrected chi connectivity index (χ4v) is 4.09. The quantitative estimate of drug-likeness (QED) is 0.620. The highest BCUT2D eigenvalue weighted by Crippen LogP contribution is 2.47. The van der Waals surface area contributed by atoms with Gasteiger partial charge in [0.15, 0.2) is 0 Å². The van der Waals surface area contributed by atoms with Gasteiger partial charge in [0.05, 0.1) is 12.6 Å². The molecule has 1 aromatic carbocycles. The molecular weight excluding hydrogens is 256 g/mol. The van der Waals surface area contributed by atoms with E-state index < -0.39 is 0 Å². The molecule has 3 nitrogen and oxygen atoms in total. The fraction of sp³-hybridized carbons (Fsp3) is 0.600. The van der Waals surface area contributed by atoms with Gasteiger partial charge in [-0.2, -0.15) is 11.8 Å². The Labute approximate surface area is 120 Å². The van der Waals surface area contributed by atoms with Crippen molar-refractivity contribution >= 4 is 11.8 Å². The molecule has 2 rings (SSSR count). The van der Waals surface area contributed by atoms with E-state index in [9.17, 15) is 0 Å². The van der Waals surface area contributed by atoms with E-state index in [1.54, 1.807) is 0 Å². The number of nitrogens with one attached hydrogen (secondary N) is 1. The number of ether oxygens (including phenoxy) is 1. The Morgan fingerprint density at radius 1 is 1.47 bits per heavy atom. The number of rotatable bonds is 6. The Kier molecular flexibility index (Phi) is 5.13. The van der Waals surface area contributed by atoms with Gasteiger partial charge >= 0.3 is 0 Å². The molecule has 3 N–H and O–H groups in total. The molecule has 1 fully saturated rings. The van der Waals surface area contributed by atoms with Gasteiger partial charge in [0.1, 0.15) is 5.75 Å². The van der Waals surface area contributed by atoms with Gasteiger partial charge in [0, 0.05) is 10.3 Å². The zero-order chi connectivity index (χ0) is 13.7. The minimum Gasteiger partial charge on any atom is -0.493 e. The van der Waals surface area contributed by atoms with Gasteiger partial charge in [-0.15, -0.1) is 0 Å². The van der Waals surface area contributed by atoms with E-state index in [0.29, 0.717) is 0 Å². The number of benzene rings is 1. The van der Waals surface area contributed by atoms with E-state index in [0.717, 1.165) is 18.8 Å². The summed E-state index contributed by atoms with van der Waals surface area (Å²) in [5.41, 5.74) is 4.19. The Morgan fingerprint density at radius 2 is 2.26 bits per heavy atom. The maximum atomic E-state index is 5.87. The molecule has 0 bridgehead atoms. The zero-order valence-electron chi connectivity index (χ0n) is 11.8. The van der Waals surface area contributed by atoms with Crippen molar-refractivity contribution in [2.75, 3.05) is 12.4 Å². The zero-order valence-corrected chi connectivity index (χ0v) is 12.6. The largest absolute Gasteiger partial charge is 0.493 e. The summed E-state index contributed by atoms with van der Waals surface area (Å²) in [5.74, 6) is 8.02. The number of hydrazine groups is 1. The van der Waals surface area contributed by atoms with Crippen molar-refractivity contribution in [3.8, 4) is 5.75 Å². The molecule has 4 heteroatoms. The minimum atomic E-state index is 0.132. The Bertz CT molecular complexity index is 405. The lowest BCUT2D eigenvalue weighted by atomic mass is 9.90. The highest BCUT2D eigenvalue weighted by Gasteiger charge is 2.39. The molecule has 1 aromatic rings. The average molecular weight is 280 g/mol. The SMILES string of the molecule is CCCOc1ccccc1C(NN)C1(C)CCCS1. The molecular formula is C15H24N2OS. The lowest BCUT2D eigenvalue weighted by Gasteiger charge is -2.34. The monoisotopic (exact) mass is 280 g/mol. The van der Waals surface area contributed by atoms with Crippen LogP contribution in [0.1, 0.15) is 44.7 Å². The molecule has 0 aliphatic carbocycles.